The first kappa shape index (κ1) is 36.8. The van der Waals surface area contributed by atoms with E-state index in [0.29, 0.717) is 10.8 Å². The molecule has 17 nitrogen and oxygen atoms in total. The normalized spacial score (nSPS) is 30.7. The molecule has 5 N–H and O–H groups in total. The Bertz CT molecular complexity index is 1230. The molecule has 0 amide bonds. The van der Waals surface area contributed by atoms with E-state index in [2.05, 4.69) is 10.6 Å². The van der Waals surface area contributed by atoms with Gasteiger partial charge in [0.05, 0.1) is 6.61 Å². The minimum atomic E-state index is -1.75. The van der Waals surface area contributed by atoms with E-state index in [-0.39, 0.29) is 5.75 Å². The molecule has 2 aliphatic heterocycles. The summed E-state index contributed by atoms with van der Waals surface area (Å²) in [5.41, 5.74) is 0.630. The molecule has 0 aliphatic carbocycles. The summed E-state index contributed by atoms with van der Waals surface area (Å²) in [6.07, 6.45) is -15.6. The lowest BCUT2D eigenvalue weighted by atomic mass is 9.96. The van der Waals surface area contributed by atoms with Crippen LogP contribution >= 0.6 is 12.2 Å². The molecule has 256 valence electrons. The fourth-order valence-electron chi connectivity index (χ4n) is 4.71. The molecule has 2 aliphatic rings. The van der Waals surface area contributed by atoms with E-state index >= 15 is 0 Å². The second kappa shape index (κ2) is 16.8. The summed E-state index contributed by atoms with van der Waals surface area (Å²) >= 11 is 5.08. The number of hydrogen-bond donors (Lipinski definition) is 5. The van der Waals surface area contributed by atoms with Crippen LogP contribution in [0.1, 0.15) is 27.7 Å². The Morgan fingerprint density at radius 2 is 1.35 bits per heavy atom. The predicted molar refractivity (Wildman–Crippen MR) is 157 cm³/mol. The molecule has 2 heterocycles. The Morgan fingerprint density at radius 1 is 0.783 bits per heavy atom. The highest BCUT2D eigenvalue weighted by Gasteiger charge is 2.56. The number of carbonyl (C=O) groups excluding carboxylic acids is 4. The van der Waals surface area contributed by atoms with Crippen LogP contribution in [0.15, 0.2) is 24.3 Å². The molecule has 0 spiro atoms. The van der Waals surface area contributed by atoms with Crippen molar-refractivity contribution in [1.29, 1.82) is 0 Å². The van der Waals surface area contributed by atoms with Crippen molar-refractivity contribution in [1.82, 2.24) is 5.32 Å². The lowest BCUT2D eigenvalue weighted by Gasteiger charge is -2.47. The number of nitrogens with one attached hydrogen (secondary N) is 2. The molecular formula is C28H38N2O15S. The Morgan fingerprint density at radius 3 is 1.89 bits per heavy atom. The molecule has 10 unspecified atom stereocenters. The van der Waals surface area contributed by atoms with E-state index in [1.807, 2.05) is 0 Å². The zero-order valence-electron chi connectivity index (χ0n) is 25.6. The van der Waals surface area contributed by atoms with Crippen LogP contribution in [-0.4, -0.2) is 126 Å². The minimum absolute atomic E-state index is 0.226. The maximum absolute atomic E-state index is 12.2. The van der Waals surface area contributed by atoms with E-state index in [0.717, 1.165) is 27.7 Å². The molecule has 0 radical (unpaired) electrons. The first-order chi connectivity index (χ1) is 21.7. The van der Waals surface area contributed by atoms with Crippen LogP contribution in [-0.2, 0) is 52.3 Å². The van der Waals surface area contributed by atoms with Gasteiger partial charge < -0.3 is 63.8 Å². The van der Waals surface area contributed by atoms with E-state index in [9.17, 15) is 34.5 Å². The first-order valence-corrected chi connectivity index (χ1v) is 14.5. The van der Waals surface area contributed by atoms with E-state index < -0.39 is 98.5 Å². The molecule has 10 atom stereocenters. The quantitative estimate of drug-likeness (QED) is 0.106. The number of thiocarbonyl (C=S) groups is 1. The summed E-state index contributed by atoms with van der Waals surface area (Å²) in [7, 11) is 1.65. The van der Waals surface area contributed by atoms with Crippen molar-refractivity contribution in [2.45, 2.75) is 89.1 Å². The van der Waals surface area contributed by atoms with Crippen LogP contribution in [0.4, 0.5) is 5.69 Å². The summed E-state index contributed by atoms with van der Waals surface area (Å²) in [6.45, 7) is 3.04. The highest BCUT2D eigenvalue weighted by Crippen LogP contribution is 2.34. The molecule has 0 bridgehead atoms. The number of carbonyl (C=O) groups is 4. The fraction of sp³-hybridized carbons (Fsp3) is 0.607. The van der Waals surface area contributed by atoms with Crippen molar-refractivity contribution >= 4 is 46.9 Å². The second-order valence-corrected chi connectivity index (χ2v) is 10.6. The van der Waals surface area contributed by atoms with Crippen LogP contribution < -0.4 is 15.4 Å². The maximum atomic E-state index is 12.2. The number of aliphatic hydroxyl groups excluding tert-OH is 3. The lowest BCUT2D eigenvalue weighted by Crippen LogP contribution is -2.66. The predicted octanol–water partition coefficient (Wildman–Crippen LogP) is -1.11. The number of esters is 4. The zero-order chi connectivity index (χ0) is 34.1. The van der Waals surface area contributed by atoms with Crippen LogP contribution in [0.5, 0.6) is 5.75 Å². The highest BCUT2D eigenvalue weighted by molar-refractivity contribution is 7.80. The topological polar surface area (TPSA) is 227 Å². The zero-order valence-corrected chi connectivity index (χ0v) is 26.5. The Kier molecular flexibility index (Phi) is 13.4. The minimum Gasteiger partial charge on any atom is -0.463 e. The molecule has 1 aromatic rings. The molecule has 46 heavy (non-hydrogen) atoms. The van der Waals surface area contributed by atoms with E-state index in [1.54, 1.807) is 31.3 Å². The molecule has 0 aromatic heterocycles. The maximum Gasteiger partial charge on any atom is 0.303 e. The van der Waals surface area contributed by atoms with Gasteiger partial charge in [-0.15, -0.1) is 0 Å². The smallest absolute Gasteiger partial charge is 0.303 e. The number of rotatable bonds is 11. The summed E-state index contributed by atoms with van der Waals surface area (Å²) < 4.78 is 44.4. The molecule has 18 heteroatoms. The number of anilines is 1. The van der Waals surface area contributed by atoms with Gasteiger partial charge in [0, 0.05) is 40.4 Å². The number of ether oxygens (including phenoxy) is 8. The van der Waals surface area contributed by atoms with Gasteiger partial charge in [0.2, 0.25) is 6.29 Å². The van der Waals surface area contributed by atoms with Crippen LogP contribution in [0.2, 0.25) is 0 Å². The summed E-state index contributed by atoms with van der Waals surface area (Å²) in [4.78, 5) is 47.8. The molecular weight excluding hydrogens is 636 g/mol. The van der Waals surface area contributed by atoms with Gasteiger partial charge >= 0.3 is 23.9 Å². The summed E-state index contributed by atoms with van der Waals surface area (Å²) in [6, 6.07) is 6.37. The molecule has 3 rings (SSSR count). The van der Waals surface area contributed by atoms with Crippen molar-refractivity contribution < 1.29 is 72.4 Å². The lowest BCUT2D eigenvalue weighted by molar-refractivity contribution is -0.354. The van der Waals surface area contributed by atoms with Gasteiger partial charge in [-0.3, -0.25) is 19.2 Å². The molecule has 2 fully saturated rings. The van der Waals surface area contributed by atoms with Gasteiger partial charge in [0.1, 0.15) is 42.9 Å². The third kappa shape index (κ3) is 9.92. The van der Waals surface area contributed by atoms with Gasteiger partial charge in [-0.2, -0.15) is 0 Å². The van der Waals surface area contributed by atoms with Crippen molar-refractivity contribution in [2.75, 3.05) is 25.6 Å². The van der Waals surface area contributed by atoms with Gasteiger partial charge in [-0.25, -0.2) is 0 Å². The van der Waals surface area contributed by atoms with Gasteiger partial charge in [0.15, 0.2) is 29.7 Å². The van der Waals surface area contributed by atoms with Crippen molar-refractivity contribution in [3.63, 3.8) is 0 Å². The van der Waals surface area contributed by atoms with Crippen molar-refractivity contribution in [3.05, 3.63) is 24.3 Å². The first-order valence-electron chi connectivity index (χ1n) is 14.1. The molecule has 0 saturated carbocycles. The SMILES string of the molecule is CNC(=S)Nc1ccc(OC2OC(CO)C(O)C(OC3OC(COC(C)=O)C(OC(C)=O)C(OC(C)=O)C3OC(C)=O)C2O)cc1. The third-order valence-corrected chi connectivity index (χ3v) is 6.96. The highest BCUT2D eigenvalue weighted by atomic mass is 32.1. The Balaban J connectivity index is 1.93. The van der Waals surface area contributed by atoms with Crippen LogP contribution in [0, 0.1) is 0 Å². The van der Waals surface area contributed by atoms with Crippen molar-refractivity contribution in [3.8, 4) is 5.75 Å². The van der Waals surface area contributed by atoms with Crippen LogP contribution in [0.25, 0.3) is 0 Å². The standard InChI is InChI=1S/C28H38N2O15S/c1-12(32)38-11-19-22(39-13(2)33)24(40-14(3)34)25(41-15(4)35)27(44-19)45-23-20(36)18(10-31)43-26(21(23)37)42-17-8-6-16(7-9-17)30-28(46)29-5/h6-9,18-27,31,36-37H,10-11H2,1-5H3,(H2,29,30,46). The Labute approximate surface area is 269 Å². The summed E-state index contributed by atoms with van der Waals surface area (Å²) in [5.74, 6) is -3.06. The van der Waals surface area contributed by atoms with Crippen molar-refractivity contribution in [2.24, 2.45) is 0 Å². The summed E-state index contributed by atoms with van der Waals surface area (Å²) in [5, 5.41) is 38.3. The average molecular weight is 675 g/mol. The molecule has 2 saturated heterocycles. The number of benzene rings is 1. The van der Waals surface area contributed by atoms with E-state index in [1.165, 1.54) is 0 Å². The van der Waals surface area contributed by atoms with Gasteiger partial charge in [-0.05, 0) is 36.5 Å². The third-order valence-electron chi connectivity index (χ3n) is 6.65. The van der Waals surface area contributed by atoms with Gasteiger partial charge in [0.25, 0.3) is 0 Å². The monoisotopic (exact) mass is 674 g/mol. The Hall–Kier alpha value is -3.65. The number of hydrogen-bond acceptors (Lipinski definition) is 16. The largest absolute Gasteiger partial charge is 0.463 e. The second-order valence-electron chi connectivity index (χ2n) is 10.2. The van der Waals surface area contributed by atoms with Crippen LogP contribution in [0.3, 0.4) is 0 Å². The number of aliphatic hydroxyl groups is 3. The average Bonchev–Trinajstić information content (AvgIpc) is 2.98. The molecule has 1 aromatic carbocycles. The van der Waals surface area contributed by atoms with E-state index in [4.69, 9.17) is 50.1 Å². The van der Waals surface area contributed by atoms with Gasteiger partial charge in [-0.1, -0.05) is 0 Å². The fourth-order valence-corrected chi connectivity index (χ4v) is 4.83.